The molecular weight excluding hydrogens is 378 g/mol. The number of hydrogen-bond donors (Lipinski definition) is 1. The van der Waals surface area contributed by atoms with Gasteiger partial charge in [0.2, 0.25) is 0 Å². The third kappa shape index (κ3) is 4.63. The first-order valence-electron chi connectivity index (χ1n) is 9.75. The smallest absolute Gasteiger partial charge is 0.270 e. The second kappa shape index (κ2) is 8.88. The summed E-state index contributed by atoms with van der Waals surface area (Å²) in [5, 5.41) is 9.87. The standard InChI is InChI=1S/C24H23N3OS/c1-18(14-15-19-9-4-2-5-10-19)25-24(28)22-17-21(23-13-8-16-29-23)26-27(22)20-11-6-3-7-12-20/h2-13,16-18H,14-15H2,1H3,(H,25,28)/t18-/m0/s1. The molecule has 0 aliphatic rings. The van der Waals surface area contributed by atoms with Crippen molar-refractivity contribution in [2.24, 2.45) is 0 Å². The number of aromatic nitrogens is 2. The van der Waals surface area contributed by atoms with Crippen LogP contribution in [0.4, 0.5) is 0 Å². The Bertz CT molecular complexity index is 1060. The predicted octanol–water partition coefficient (Wildman–Crippen LogP) is 5.35. The lowest BCUT2D eigenvalue weighted by Gasteiger charge is -2.14. The summed E-state index contributed by atoms with van der Waals surface area (Å²) in [6, 6.07) is 26.1. The summed E-state index contributed by atoms with van der Waals surface area (Å²) in [6.45, 7) is 2.05. The number of nitrogens with zero attached hydrogens (tertiary/aromatic N) is 2. The molecule has 2 heterocycles. The first-order chi connectivity index (χ1) is 14.2. The molecule has 0 saturated carbocycles. The number of carbonyl (C=O) groups excluding carboxylic acids is 1. The van der Waals surface area contributed by atoms with E-state index in [-0.39, 0.29) is 11.9 Å². The van der Waals surface area contributed by atoms with Gasteiger partial charge < -0.3 is 5.32 Å². The van der Waals surface area contributed by atoms with Gasteiger partial charge in [0, 0.05) is 6.04 Å². The largest absolute Gasteiger partial charge is 0.348 e. The van der Waals surface area contributed by atoms with E-state index >= 15 is 0 Å². The van der Waals surface area contributed by atoms with Crippen molar-refractivity contribution < 1.29 is 4.79 Å². The van der Waals surface area contributed by atoms with Crippen molar-refractivity contribution in [3.8, 4) is 16.3 Å². The predicted molar refractivity (Wildman–Crippen MR) is 119 cm³/mol. The molecule has 4 aromatic rings. The van der Waals surface area contributed by atoms with Crippen LogP contribution in [0.1, 0.15) is 29.4 Å². The fourth-order valence-electron chi connectivity index (χ4n) is 3.25. The number of carbonyl (C=O) groups is 1. The summed E-state index contributed by atoms with van der Waals surface area (Å²) in [7, 11) is 0. The normalized spacial score (nSPS) is 11.9. The Labute approximate surface area is 174 Å². The fraction of sp³-hybridized carbons (Fsp3) is 0.167. The molecule has 1 amide bonds. The molecule has 1 N–H and O–H groups in total. The van der Waals surface area contributed by atoms with E-state index in [2.05, 4.69) is 17.4 Å². The average molecular weight is 402 g/mol. The number of hydrogen-bond acceptors (Lipinski definition) is 3. The van der Waals surface area contributed by atoms with Gasteiger partial charge in [-0.05, 0) is 55.0 Å². The van der Waals surface area contributed by atoms with Gasteiger partial charge in [-0.25, -0.2) is 4.68 Å². The van der Waals surface area contributed by atoms with Crippen LogP contribution >= 0.6 is 11.3 Å². The van der Waals surface area contributed by atoms with Crippen molar-refractivity contribution in [2.75, 3.05) is 0 Å². The van der Waals surface area contributed by atoms with Crippen molar-refractivity contribution in [1.82, 2.24) is 15.1 Å². The lowest BCUT2D eigenvalue weighted by molar-refractivity contribution is 0.0930. The maximum Gasteiger partial charge on any atom is 0.270 e. The van der Waals surface area contributed by atoms with E-state index in [1.54, 1.807) is 16.0 Å². The van der Waals surface area contributed by atoms with Crippen LogP contribution in [-0.2, 0) is 6.42 Å². The van der Waals surface area contributed by atoms with Crippen molar-refractivity contribution in [3.63, 3.8) is 0 Å². The summed E-state index contributed by atoms with van der Waals surface area (Å²) in [4.78, 5) is 14.1. The van der Waals surface area contributed by atoms with Crippen LogP contribution in [-0.4, -0.2) is 21.7 Å². The zero-order valence-corrected chi connectivity index (χ0v) is 17.1. The Balaban J connectivity index is 1.53. The van der Waals surface area contributed by atoms with E-state index in [0.29, 0.717) is 5.69 Å². The van der Waals surface area contributed by atoms with E-state index in [4.69, 9.17) is 5.10 Å². The molecule has 2 aromatic heterocycles. The Morgan fingerprint density at radius 3 is 2.45 bits per heavy atom. The maximum atomic E-state index is 13.1. The molecule has 146 valence electrons. The number of amides is 1. The molecule has 29 heavy (non-hydrogen) atoms. The Morgan fingerprint density at radius 1 is 1.03 bits per heavy atom. The highest BCUT2D eigenvalue weighted by Crippen LogP contribution is 2.26. The molecule has 2 aromatic carbocycles. The topological polar surface area (TPSA) is 46.9 Å². The molecule has 0 bridgehead atoms. The number of rotatable bonds is 7. The van der Waals surface area contributed by atoms with E-state index in [1.165, 1.54) is 5.56 Å². The SMILES string of the molecule is C[C@@H](CCc1ccccc1)NC(=O)c1cc(-c2cccs2)nn1-c1ccccc1. The van der Waals surface area contributed by atoms with Crippen LogP contribution in [0.25, 0.3) is 16.3 Å². The number of para-hydroxylation sites is 1. The molecule has 0 aliphatic carbocycles. The summed E-state index contributed by atoms with van der Waals surface area (Å²) < 4.78 is 1.73. The highest BCUT2D eigenvalue weighted by atomic mass is 32.1. The average Bonchev–Trinajstić information content (AvgIpc) is 3.43. The van der Waals surface area contributed by atoms with Gasteiger partial charge in [-0.3, -0.25) is 4.79 Å². The molecule has 5 heteroatoms. The molecule has 0 radical (unpaired) electrons. The number of aryl methyl sites for hydroxylation is 1. The number of benzene rings is 2. The molecular formula is C24H23N3OS. The van der Waals surface area contributed by atoms with Crippen molar-refractivity contribution in [2.45, 2.75) is 25.8 Å². The monoisotopic (exact) mass is 401 g/mol. The van der Waals surface area contributed by atoms with Crippen LogP contribution in [0.5, 0.6) is 0 Å². The van der Waals surface area contributed by atoms with Crippen LogP contribution in [0.15, 0.2) is 84.2 Å². The molecule has 0 saturated heterocycles. The van der Waals surface area contributed by atoms with Gasteiger partial charge in [-0.15, -0.1) is 11.3 Å². The van der Waals surface area contributed by atoms with Gasteiger partial charge in [0.25, 0.3) is 5.91 Å². The van der Waals surface area contributed by atoms with Gasteiger partial charge in [0.15, 0.2) is 0 Å². The first kappa shape index (κ1) is 19.2. The van der Waals surface area contributed by atoms with E-state index in [9.17, 15) is 4.79 Å². The zero-order chi connectivity index (χ0) is 20.1. The molecule has 0 unspecified atom stereocenters. The Morgan fingerprint density at radius 2 is 1.76 bits per heavy atom. The summed E-state index contributed by atoms with van der Waals surface area (Å²) in [5.41, 5.74) is 3.51. The molecule has 1 atom stereocenters. The molecule has 0 fully saturated rings. The van der Waals surface area contributed by atoms with Gasteiger partial charge >= 0.3 is 0 Å². The molecule has 4 rings (SSSR count). The summed E-state index contributed by atoms with van der Waals surface area (Å²) >= 11 is 1.62. The second-order valence-electron chi connectivity index (χ2n) is 7.04. The maximum absolute atomic E-state index is 13.1. The Kier molecular flexibility index (Phi) is 5.86. The van der Waals surface area contributed by atoms with E-state index < -0.39 is 0 Å². The minimum atomic E-state index is -0.107. The molecule has 0 spiro atoms. The van der Waals surface area contributed by atoms with Crippen LogP contribution in [0.3, 0.4) is 0 Å². The third-order valence-electron chi connectivity index (χ3n) is 4.80. The fourth-order valence-corrected chi connectivity index (χ4v) is 3.93. The molecule has 0 aliphatic heterocycles. The van der Waals surface area contributed by atoms with Crippen molar-refractivity contribution in [1.29, 1.82) is 0 Å². The van der Waals surface area contributed by atoms with Gasteiger partial charge in [-0.2, -0.15) is 5.10 Å². The lowest BCUT2D eigenvalue weighted by atomic mass is 10.1. The summed E-state index contributed by atoms with van der Waals surface area (Å²) in [6.07, 6.45) is 1.81. The third-order valence-corrected chi connectivity index (χ3v) is 5.70. The lowest BCUT2D eigenvalue weighted by Crippen LogP contribution is -2.34. The molecule has 4 nitrogen and oxygen atoms in total. The van der Waals surface area contributed by atoms with Gasteiger partial charge in [-0.1, -0.05) is 54.6 Å². The minimum Gasteiger partial charge on any atom is -0.348 e. The second-order valence-corrected chi connectivity index (χ2v) is 7.99. The van der Waals surface area contributed by atoms with Crippen molar-refractivity contribution in [3.05, 3.63) is 95.5 Å². The highest BCUT2D eigenvalue weighted by Gasteiger charge is 2.19. The van der Waals surface area contributed by atoms with Crippen LogP contribution < -0.4 is 5.32 Å². The van der Waals surface area contributed by atoms with E-state index in [0.717, 1.165) is 29.1 Å². The summed E-state index contributed by atoms with van der Waals surface area (Å²) in [5.74, 6) is -0.107. The number of nitrogens with one attached hydrogen (secondary N) is 1. The number of thiophene rings is 1. The Hall–Kier alpha value is -3.18. The highest BCUT2D eigenvalue weighted by molar-refractivity contribution is 7.13. The van der Waals surface area contributed by atoms with Crippen molar-refractivity contribution >= 4 is 17.2 Å². The quantitative estimate of drug-likeness (QED) is 0.454. The van der Waals surface area contributed by atoms with Crippen LogP contribution in [0, 0.1) is 0 Å². The van der Waals surface area contributed by atoms with Crippen LogP contribution in [0.2, 0.25) is 0 Å². The van der Waals surface area contributed by atoms with E-state index in [1.807, 2.05) is 79.0 Å². The minimum absolute atomic E-state index is 0.0621. The zero-order valence-electron chi connectivity index (χ0n) is 16.3. The first-order valence-corrected chi connectivity index (χ1v) is 10.6. The van der Waals surface area contributed by atoms with Gasteiger partial charge in [0.1, 0.15) is 11.4 Å². The van der Waals surface area contributed by atoms with Gasteiger partial charge in [0.05, 0.1) is 10.6 Å².